The maximum absolute atomic E-state index is 13.5. The Labute approximate surface area is 140 Å². The summed E-state index contributed by atoms with van der Waals surface area (Å²) in [6.45, 7) is 0.166. The number of amides is 1. The first-order chi connectivity index (χ1) is 11.7. The Hall–Kier alpha value is -2.76. The number of methoxy groups -OCH3 is 2. The van der Waals surface area contributed by atoms with Crippen molar-refractivity contribution < 1.29 is 23.4 Å². The van der Waals surface area contributed by atoms with Gasteiger partial charge in [-0.25, -0.2) is 4.39 Å². The second-order valence-electron chi connectivity index (χ2n) is 4.97. The molecule has 24 heavy (non-hydrogen) atoms. The maximum Gasteiger partial charge on any atom is 0.257 e. The zero-order chi connectivity index (χ0) is 17.4. The molecule has 0 aromatic heterocycles. The van der Waals surface area contributed by atoms with E-state index in [1.54, 1.807) is 36.4 Å². The Balaban J connectivity index is 1.82. The second-order valence-corrected chi connectivity index (χ2v) is 4.97. The first-order valence-corrected chi connectivity index (χ1v) is 7.49. The number of hydrogen-bond donors (Lipinski definition) is 1. The fourth-order valence-corrected chi connectivity index (χ4v) is 2.20. The summed E-state index contributed by atoms with van der Waals surface area (Å²) < 4.78 is 29.3. The Morgan fingerprint density at radius 3 is 2.50 bits per heavy atom. The Morgan fingerprint density at radius 2 is 1.79 bits per heavy atom. The summed E-state index contributed by atoms with van der Waals surface area (Å²) in [6, 6.07) is 11.7. The normalized spacial score (nSPS) is 10.1. The van der Waals surface area contributed by atoms with E-state index in [0.717, 1.165) is 0 Å². The summed E-state index contributed by atoms with van der Waals surface area (Å²) >= 11 is 0. The lowest BCUT2D eigenvalue weighted by Crippen LogP contribution is -2.30. The largest absolute Gasteiger partial charge is 0.493 e. The number of carbonyl (C=O) groups excluding carboxylic acids is 1. The van der Waals surface area contributed by atoms with E-state index in [-0.39, 0.29) is 18.3 Å². The molecule has 0 bridgehead atoms. The third-order valence-corrected chi connectivity index (χ3v) is 3.40. The van der Waals surface area contributed by atoms with Gasteiger partial charge in [-0.1, -0.05) is 24.3 Å². The molecular formula is C18H20FNO4. The number of nitrogens with one attached hydrogen (secondary N) is 1. The predicted molar refractivity (Wildman–Crippen MR) is 88.2 cm³/mol. The van der Waals surface area contributed by atoms with E-state index >= 15 is 0 Å². The molecule has 2 rings (SSSR count). The number of ether oxygens (including phenoxy) is 3. The van der Waals surface area contributed by atoms with Crippen molar-refractivity contribution in [1.29, 1.82) is 0 Å². The van der Waals surface area contributed by atoms with E-state index in [4.69, 9.17) is 14.2 Å². The molecule has 0 saturated carbocycles. The molecule has 2 aromatic carbocycles. The van der Waals surface area contributed by atoms with Gasteiger partial charge in [-0.15, -0.1) is 0 Å². The van der Waals surface area contributed by atoms with Crippen LogP contribution in [-0.2, 0) is 11.2 Å². The van der Waals surface area contributed by atoms with Crippen LogP contribution < -0.4 is 19.5 Å². The van der Waals surface area contributed by atoms with Gasteiger partial charge in [-0.3, -0.25) is 4.79 Å². The minimum atomic E-state index is -0.295. The van der Waals surface area contributed by atoms with Gasteiger partial charge in [-0.05, 0) is 30.2 Å². The Kier molecular flexibility index (Phi) is 6.42. The molecule has 1 N–H and O–H groups in total. The highest BCUT2D eigenvalue weighted by Crippen LogP contribution is 2.36. The monoisotopic (exact) mass is 333 g/mol. The quantitative estimate of drug-likeness (QED) is 0.807. The van der Waals surface area contributed by atoms with Crippen molar-refractivity contribution in [3.05, 3.63) is 53.8 Å². The summed E-state index contributed by atoms with van der Waals surface area (Å²) in [5.74, 6) is 0.801. The molecule has 0 unspecified atom stereocenters. The van der Waals surface area contributed by atoms with Crippen molar-refractivity contribution in [2.45, 2.75) is 6.42 Å². The number of halogens is 1. The van der Waals surface area contributed by atoms with Crippen LogP contribution in [0.5, 0.6) is 17.2 Å². The number of benzene rings is 2. The van der Waals surface area contributed by atoms with Crippen molar-refractivity contribution in [2.75, 3.05) is 27.4 Å². The van der Waals surface area contributed by atoms with Crippen molar-refractivity contribution >= 4 is 5.91 Å². The number of hydrogen-bond acceptors (Lipinski definition) is 4. The average Bonchev–Trinajstić information content (AvgIpc) is 2.61. The summed E-state index contributed by atoms with van der Waals surface area (Å²) in [6.07, 6.45) is 0.418. The van der Waals surface area contributed by atoms with Gasteiger partial charge in [0.1, 0.15) is 5.82 Å². The van der Waals surface area contributed by atoms with Gasteiger partial charge >= 0.3 is 0 Å². The van der Waals surface area contributed by atoms with Gasteiger partial charge in [-0.2, -0.15) is 0 Å². The van der Waals surface area contributed by atoms with Crippen LogP contribution in [0.1, 0.15) is 5.56 Å². The van der Waals surface area contributed by atoms with E-state index in [9.17, 15) is 9.18 Å². The zero-order valence-corrected chi connectivity index (χ0v) is 13.7. The number of para-hydroxylation sites is 1. The fourth-order valence-electron chi connectivity index (χ4n) is 2.20. The second kappa shape index (κ2) is 8.76. The molecule has 0 atom stereocenters. The maximum atomic E-state index is 13.5. The molecule has 6 heteroatoms. The van der Waals surface area contributed by atoms with E-state index in [1.807, 2.05) is 0 Å². The van der Waals surface area contributed by atoms with Crippen molar-refractivity contribution in [3.8, 4) is 17.2 Å². The van der Waals surface area contributed by atoms with Crippen LogP contribution >= 0.6 is 0 Å². The van der Waals surface area contributed by atoms with Crippen molar-refractivity contribution in [2.24, 2.45) is 0 Å². The molecule has 1 amide bonds. The van der Waals surface area contributed by atoms with Crippen LogP contribution in [0, 0.1) is 5.82 Å². The molecule has 5 nitrogen and oxygen atoms in total. The molecule has 128 valence electrons. The zero-order valence-electron chi connectivity index (χ0n) is 13.7. The fraction of sp³-hybridized carbons (Fsp3) is 0.278. The highest BCUT2D eigenvalue weighted by molar-refractivity contribution is 5.77. The topological polar surface area (TPSA) is 56.8 Å². The lowest BCUT2D eigenvalue weighted by atomic mass is 10.1. The highest BCUT2D eigenvalue weighted by atomic mass is 19.1. The Morgan fingerprint density at radius 1 is 1.04 bits per heavy atom. The molecule has 0 spiro atoms. The van der Waals surface area contributed by atoms with Crippen molar-refractivity contribution in [3.63, 3.8) is 0 Å². The molecule has 0 radical (unpaired) electrons. The summed E-state index contributed by atoms with van der Waals surface area (Å²) in [5, 5.41) is 2.69. The van der Waals surface area contributed by atoms with Gasteiger partial charge in [0, 0.05) is 6.54 Å². The molecule has 0 aliphatic carbocycles. The van der Waals surface area contributed by atoms with Crippen LogP contribution in [0.25, 0.3) is 0 Å². The average molecular weight is 333 g/mol. The van der Waals surface area contributed by atoms with Crippen LogP contribution in [0.15, 0.2) is 42.5 Å². The van der Waals surface area contributed by atoms with Gasteiger partial charge in [0.15, 0.2) is 18.1 Å². The lowest BCUT2D eigenvalue weighted by Gasteiger charge is -2.13. The van der Waals surface area contributed by atoms with E-state index < -0.39 is 0 Å². The summed E-state index contributed by atoms with van der Waals surface area (Å²) in [4.78, 5) is 11.8. The predicted octanol–water partition coefficient (Wildman–Crippen LogP) is 2.58. The Bertz CT molecular complexity index is 690. The van der Waals surface area contributed by atoms with Gasteiger partial charge in [0.05, 0.1) is 14.2 Å². The molecule has 2 aromatic rings. The van der Waals surface area contributed by atoms with E-state index in [0.29, 0.717) is 35.8 Å². The van der Waals surface area contributed by atoms with Crippen LogP contribution in [0.4, 0.5) is 4.39 Å². The van der Waals surface area contributed by atoms with Crippen LogP contribution in [0.2, 0.25) is 0 Å². The van der Waals surface area contributed by atoms with Crippen molar-refractivity contribution in [1.82, 2.24) is 5.32 Å². The highest BCUT2D eigenvalue weighted by Gasteiger charge is 2.12. The van der Waals surface area contributed by atoms with Crippen LogP contribution in [-0.4, -0.2) is 33.3 Å². The van der Waals surface area contributed by atoms with E-state index in [1.165, 1.54) is 20.3 Å². The first kappa shape index (κ1) is 17.6. The number of rotatable bonds is 8. The minimum Gasteiger partial charge on any atom is -0.493 e. The minimum absolute atomic E-state index is 0.166. The third kappa shape index (κ3) is 4.62. The summed E-state index contributed by atoms with van der Waals surface area (Å²) in [7, 11) is 3.02. The molecular weight excluding hydrogens is 313 g/mol. The lowest BCUT2D eigenvalue weighted by molar-refractivity contribution is -0.123. The van der Waals surface area contributed by atoms with E-state index in [2.05, 4.69) is 5.32 Å². The van der Waals surface area contributed by atoms with Gasteiger partial charge < -0.3 is 19.5 Å². The van der Waals surface area contributed by atoms with Gasteiger partial charge in [0.25, 0.3) is 5.91 Å². The first-order valence-electron chi connectivity index (χ1n) is 7.49. The molecule has 0 aliphatic heterocycles. The standard InChI is InChI=1S/C18H20FNO4/c1-22-15-8-5-9-16(18(15)23-2)24-12-17(21)20-11-10-13-6-3-4-7-14(13)19/h3-9H,10-12H2,1-2H3,(H,20,21). The SMILES string of the molecule is COc1cccc(OCC(=O)NCCc2ccccc2F)c1OC. The number of carbonyl (C=O) groups is 1. The molecule has 0 aliphatic rings. The molecule has 0 heterocycles. The molecule has 0 saturated heterocycles. The smallest absolute Gasteiger partial charge is 0.257 e. The third-order valence-electron chi connectivity index (χ3n) is 3.40. The van der Waals surface area contributed by atoms with Crippen LogP contribution in [0.3, 0.4) is 0 Å². The molecule has 0 fully saturated rings. The summed E-state index contributed by atoms with van der Waals surface area (Å²) in [5.41, 5.74) is 0.563. The van der Waals surface area contributed by atoms with Gasteiger partial charge in [0.2, 0.25) is 5.75 Å².